The molecule has 0 bridgehead atoms. The van der Waals surface area contributed by atoms with Gasteiger partial charge in [-0.2, -0.15) is 0 Å². The van der Waals surface area contributed by atoms with Crippen LogP contribution in [0.4, 0.5) is 0 Å². The lowest BCUT2D eigenvalue weighted by molar-refractivity contribution is -0.414. The maximum absolute atomic E-state index is 12.4. The molecule has 1 unspecified atom stereocenters. The average molecular weight is 561 g/mol. The summed E-state index contributed by atoms with van der Waals surface area (Å²) in [6, 6.07) is 8.78. The van der Waals surface area contributed by atoms with Gasteiger partial charge in [-0.1, -0.05) is 74.6 Å². The van der Waals surface area contributed by atoms with Gasteiger partial charge in [-0.05, 0) is 92.2 Å². The monoisotopic (exact) mass is 560 g/mol. The van der Waals surface area contributed by atoms with Crippen molar-refractivity contribution in [3.05, 3.63) is 53.1 Å². The van der Waals surface area contributed by atoms with E-state index in [0.29, 0.717) is 44.1 Å². The highest BCUT2D eigenvalue weighted by Crippen LogP contribution is 2.68. The van der Waals surface area contributed by atoms with Crippen LogP contribution in [0.1, 0.15) is 109 Å². The third-order valence-corrected chi connectivity index (χ3v) is 11.5. The van der Waals surface area contributed by atoms with Crippen LogP contribution in [-0.4, -0.2) is 45.3 Å². The lowest BCUT2D eigenvalue weighted by Crippen LogP contribution is -2.57. The molecule has 222 valence electrons. The average Bonchev–Trinajstić information content (AvgIpc) is 3.17. The summed E-state index contributed by atoms with van der Waals surface area (Å²) in [5.74, 6) is 7.02. The Balaban J connectivity index is 1.44. The molecule has 1 heterocycles. The number of hydrogen-bond acceptors (Lipinski definition) is 5. The Morgan fingerprint density at radius 1 is 1.05 bits per heavy atom. The molecule has 4 aliphatic carbocycles. The lowest BCUT2D eigenvalue weighted by Gasteiger charge is -2.58. The van der Waals surface area contributed by atoms with Crippen molar-refractivity contribution in [1.29, 1.82) is 0 Å². The molecule has 1 aromatic rings. The Kier molecular flexibility index (Phi) is 7.16. The molecular formula is C36H48O5. The van der Waals surface area contributed by atoms with Gasteiger partial charge in [0.2, 0.25) is 0 Å². The van der Waals surface area contributed by atoms with Crippen LogP contribution in [0.15, 0.2) is 42.0 Å². The first kappa shape index (κ1) is 29.1. The number of fused-ring (bicyclic) bond motifs is 4. The number of aliphatic hydroxyl groups is 3. The molecule has 3 N–H and O–H groups in total. The molecule has 0 aromatic heterocycles. The summed E-state index contributed by atoms with van der Waals surface area (Å²) < 4.78 is 0. The zero-order chi connectivity index (χ0) is 29.3. The Bertz CT molecular complexity index is 1300. The second kappa shape index (κ2) is 10.1. The minimum atomic E-state index is -1.08. The fourth-order valence-corrected chi connectivity index (χ4v) is 9.66. The fraction of sp³-hybridized carbons (Fsp3) is 0.667. The van der Waals surface area contributed by atoms with Crippen LogP contribution in [0, 0.1) is 34.5 Å². The summed E-state index contributed by atoms with van der Waals surface area (Å²) in [6.07, 6.45) is 7.49. The molecule has 1 aromatic carbocycles. The summed E-state index contributed by atoms with van der Waals surface area (Å²) in [5.41, 5.74) is 3.26. The lowest BCUT2D eigenvalue weighted by atomic mass is 9.49. The van der Waals surface area contributed by atoms with Gasteiger partial charge in [0.25, 0.3) is 0 Å². The van der Waals surface area contributed by atoms with Gasteiger partial charge in [0, 0.05) is 24.2 Å². The van der Waals surface area contributed by atoms with Crippen molar-refractivity contribution < 1.29 is 25.1 Å². The van der Waals surface area contributed by atoms with Crippen molar-refractivity contribution in [2.24, 2.45) is 22.7 Å². The van der Waals surface area contributed by atoms with Gasteiger partial charge in [0.1, 0.15) is 11.2 Å². The summed E-state index contributed by atoms with van der Waals surface area (Å²) in [7, 11) is 0. The molecule has 7 atom stereocenters. The van der Waals surface area contributed by atoms with Crippen LogP contribution in [-0.2, 0) is 9.78 Å². The highest BCUT2D eigenvalue weighted by atomic mass is 17.2. The van der Waals surface area contributed by atoms with Crippen LogP contribution in [0.5, 0.6) is 0 Å². The second-order valence-corrected chi connectivity index (χ2v) is 15.0. The predicted octanol–water partition coefficient (Wildman–Crippen LogP) is 6.48. The van der Waals surface area contributed by atoms with Gasteiger partial charge < -0.3 is 15.3 Å². The van der Waals surface area contributed by atoms with E-state index in [1.807, 2.05) is 6.92 Å². The number of allylic oxidation sites excluding steroid dienone is 2. The molecule has 5 heteroatoms. The summed E-state index contributed by atoms with van der Waals surface area (Å²) >= 11 is 0. The quantitative estimate of drug-likeness (QED) is 0.224. The highest BCUT2D eigenvalue weighted by molar-refractivity contribution is 5.61. The van der Waals surface area contributed by atoms with Crippen molar-refractivity contribution in [3.63, 3.8) is 0 Å². The predicted molar refractivity (Wildman–Crippen MR) is 160 cm³/mol. The largest absolute Gasteiger partial charge is 0.395 e. The molecule has 5 nitrogen and oxygen atoms in total. The van der Waals surface area contributed by atoms with Crippen molar-refractivity contribution in [2.75, 3.05) is 13.2 Å². The fourth-order valence-electron chi connectivity index (χ4n) is 9.66. The molecule has 41 heavy (non-hydrogen) atoms. The molecule has 1 saturated heterocycles. The molecule has 0 amide bonds. The van der Waals surface area contributed by atoms with Gasteiger partial charge in [-0.25, -0.2) is 9.78 Å². The topological polar surface area (TPSA) is 79.2 Å². The van der Waals surface area contributed by atoms with Gasteiger partial charge in [-0.3, -0.25) is 0 Å². The van der Waals surface area contributed by atoms with Crippen LogP contribution >= 0.6 is 0 Å². The molecule has 0 radical (unpaired) electrons. The molecular weight excluding hydrogens is 512 g/mol. The Hall–Kier alpha value is -1.94. The normalized spacial score (nSPS) is 41.2. The van der Waals surface area contributed by atoms with Crippen LogP contribution < -0.4 is 0 Å². The van der Waals surface area contributed by atoms with Crippen molar-refractivity contribution >= 4 is 5.57 Å². The maximum Gasteiger partial charge on any atom is 0.131 e. The number of hydrogen-bond donors (Lipinski definition) is 3. The van der Waals surface area contributed by atoms with Crippen LogP contribution in [0.2, 0.25) is 0 Å². The van der Waals surface area contributed by atoms with E-state index < -0.39 is 16.8 Å². The summed E-state index contributed by atoms with van der Waals surface area (Å²) in [5, 5.41) is 33.9. The van der Waals surface area contributed by atoms with E-state index in [1.54, 1.807) is 0 Å². The number of benzene rings is 1. The Labute approximate surface area is 246 Å². The van der Waals surface area contributed by atoms with E-state index in [4.69, 9.17) is 9.78 Å². The third-order valence-electron chi connectivity index (χ3n) is 11.5. The van der Waals surface area contributed by atoms with E-state index in [2.05, 4.69) is 63.5 Å². The van der Waals surface area contributed by atoms with Gasteiger partial charge >= 0.3 is 0 Å². The Morgan fingerprint density at radius 3 is 2.49 bits per heavy atom. The van der Waals surface area contributed by atoms with E-state index >= 15 is 0 Å². The zero-order valence-corrected chi connectivity index (χ0v) is 25.4. The highest BCUT2D eigenvalue weighted by Gasteiger charge is 2.64. The molecule has 4 fully saturated rings. The summed E-state index contributed by atoms with van der Waals surface area (Å²) in [4.78, 5) is 11.7. The van der Waals surface area contributed by atoms with Crippen LogP contribution in [0.3, 0.4) is 0 Å². The molecule has 1 spiro atoms. The van der Waals surface area contributed by atoms with Gasteiger partial charge in [-0.15, -0.1) is 0 Å². The Morgan fingerprint density at radius 2 is 1.80 bits per heavy atom. The van der Waals surface area contributed by atoms with Crippen molar-refractivity contribution in [2.45, 2.75) is 115 Å². The second-order valence-electron chi connectivity index (χ2n) is 15.0. The molecule has 3 saturated carbocycles. The minimum Gasteiger partial charge on any atom is -0.395 e. The first-order valence-corrected chi connectivity index (χ1v) is 15.7. The van der Waals surface area contributed by atoms with E-state index in [9.17, 15) is 15.3 Å². The van der Waals surface area contributed by atoms with Crippen LogP contribution in [0.25, 0.3) is 5.57 Å². The standard InChI is InChI=1S/C36H48O5/c1-24(2)25-8-10-26(11-9-25)28-20-33(5)29(14-18-36(33,39)15-6-7-19-37)27-12-17-35(38)22-34(16-13-30(35)31(27)28)21-32(3,4)23-40-41-34/h8-11,27-29,37-39H,1,7,12-14,16-23H2,2-5H3/t27-,28+,29-,33-,34?,35+,36-/m0/s1. The van der Waals surface area contributed by atoms with E-state index in [0.717, 1.165) is 49.7 Å². The number of aliphatic hydroxyl groups excluding tert-OH is 1. The third kappa shape index (κ3) is 4.75. The SMILES string of the molecule is C=C(C)c1ccc([C@H]2C[C@@]3(C)[C@@H](CC[C@@]3(O)C#CCCO)[C@@H]3CC[C@@]4(O)CC5(CCC4=C32)CC(C)(C)COO5)cc1. The first-order valence-electron chi connectivity index (χ1n) is 15.7. The van der Waals surface area contributed by atoms with E-state index in [-0.39, 0.29) is 23.4 Å². The van der Waals surface area contributed by atoms with Gasteiger partial charge in [0.15, 0.2) is 0 Å². The summed E-state index contributed by atoms with van der Waals surface area (Å²) in [6.45, 7) is 13.4. The zero-order valence-electron chi connectivity index (χ0n) is 25.4. The molecule has 1 aliphatic heterocycles. The van der Waals surface area contributed by atoms with Crippen molar-refractivity contribution in [3.8, 4) is 11.8 Å². The van der Waals surface area contributed by atoms with Crippen molar-refractivity contribution in [1.82, 2.24) is 0 Å². The molecule has 6 rings (SSSR count). The first-order chi connectivity index (χ1) is 19.3. The smallest absolute Gasteiger partial charge is 0.131 e. The number of rotatable bonds is 3. The minimum absolute atomic E-state index is 0.00575. The molecule has 5 aliphatic rings. The van der Waals surface area contributed by atoms with Gasteiger partial charge in [0.05, 0.1) is 18.8 Å². The maximum atomic E-state index is 12.4. The van der Waals surface area contributed by atoms with E-state index in [1.165, 1.54) is 16.7 Å².